The van der Waals surface area contributed by atoms with Crippen LogP contribution in [-0.4, -0.2) is 178 Å². The molecule has 0 unspecified atom stereocenters. The van der Waals surface area contributed by atoms with E-state index in [4.69, 9.17) is 22.9 Å². The quantitative estimate of drug-likeness (QED) is 0.0313. The molecule has 21 N–H and O–H groups in total. The van der Waals surface area contributed by atoms with Gasteiger partial charge in [0.15, 0.2) is 11.7 Å². The third-order valence-corrected chi connectivity index (χ3v) is 15.0. The van der Waals surface area contributed by atoms with Crippen LogP contribution in [0, 0.1) is 34.5 Å². The van der Waals surface area contributed by atoms with Crippen LogP contribution in [0.1, 0.15) is 153 Å². The lowest BCUT2D eigenvalue weighted by atomic mass is 9.81. The van der Waals surface area contributed by atoms with E-state index in [0.29, 0.717) is 0 Å². The van der Waals surface area contributed by atoms with Crippen LogP contribution in [0.5, 0.6) is 0 Å². The summed E-state index contributed by atoms with van der Waals surface area (Å²) in [5.74, 6) is -16.4. The summed E-state index contributed by atoms with van der Waals surface area (Å²) in [5.41, 5.74) is 22.0. The van der Waals surface area contributed by atoms with Crippen LogP contribution >= 0.6 is 0 Å². The van der Waals surface area contributed by atoms with Gasteiger partial charge in [0.25, 0.3) is 0 Å². The summed E-state index contributed by atoms with van der Waals surface area (Å²) in [6.07, 6.45) is -4.85. The zero-order valence-corrected chi connectivity index (χ0v) is 54.9. The molecule has 0 radical (unpaired) electrons. The summed E-state index contributed by atoms with van der Waals surface area (Å²) in [6, 6.07) is -8.48. The molecule has 0 saturated carbocycles. The first kappa shape index (κ1) is 79.3. The van der Waals surface area contributed by atoms with Crippen molar-refractivity contribution in [2.75, 3.05) is 19.7 Å². The molecule has 512 valence electrons. The van der Waals surface area contributed by atoms with E-state index in [0.717, 1.165) is 6.92 Å². The number of benzene rings is 1. The zero-order valence-electron chi connectivity index (χ0n) is 54.9. The number of amides is 11. The van der Waals surface area contributed by atoms with Crippen molar-refractivity contribution in [1.82, 2.24) is 53.2 Å². The van der Waals surface area contributed by atoms with E-state index in [1.54, 1.807) is 54.5 Å². The second-order valence-corrected chi connectivity index (χ2v) is 26.6. The number of nitrogens with one attached hydrogen (secondary N) is 10. The third kappa shape index (κ3) is 27.7. The number of guanidine groups is 1. The van der Waals surface area contributed by atoms with Gasteiger partial charge in [-0.1, -0.05) is 120 Å². The van der Waals surface area contributed by atoms with E-state index in [1.807, 2.05) is 20.8 Å². The predicted molar refractivity (Wildman–Crippen MR) is 337 cm³/mol. The van der Waals surface area contributed by atoms with Crippen molar-refractivity contribution in [2.24, 2.45) is 62.4 Å². The van der Waals surface area contributed by atoms with Crippen molar-refractivity contribution >= 4 is 76.7 Å². The Morgan fingerprint density at radius 2 is 1.16 bits per heavy atom. The number of aliphatic imine (C=N–C) groups is 1. The monoisotopic (exact) mass is 1290 g/mol. The summed E-state index contributed by atoms with van der Waals surface area (Å²) in [6.45, 7) is 19.8. The summed E-state index contributed by atoms with van der Waals surface area (Å²) in [4.78, 5) is 175. The van der Waals surface area contributed by atoms with Crippen LogP contribution in [-0.2, 0) is 57.5 Å². The number of hydrogen-bond acceptors (Lipinski definition) is 17. The first-order valence-corrected chi connectivity index (χ1v) is 30.8. The van der Waals surface area contributed by atoms with Crippen LogP contribution in [0.4, 0.5) is 0 Å². The molecule has 11 amide bonds. The molecule has 30 nitrogen and oxygen atoms in total. The molecule has 30 heteroatoms. The van der Waals surface area contributed by atoms with Crippen molar-refractivity contribution < 1.29 is 72.9 Å². The maximum absolute atomic E-state index is 15.5. The second kappa shape index (κ2) is 36.9. The molecular weight excluding hydrogens is 1180 g/mol. The summed E-state index contributed by atoms with van der Waals surface area (Å²) in [5, 5.41) is 58.5. The van der Waals surface area contributed by atoms with Crippen molar-refractivity contribution in [3.63, 3.8) is 0 Å². The molecule has 1 aliphatic rings. The van der Waals surface area contributed by atoms with Gasteiger partial charge < -0.3 is 91.4 Å². The predicted octanol–water partition coefficient (Wildman–Crippen LogP) is -2.96. The fraction of sp³-hybridized carbons (Fsp3) is 0.689. The Hall–Kier alpha value is -7.83. The number of ketones is 1. The largest absolute Gasteiger partial charge is 0.394 e. The highest BCUT2D eigenvalue weighted by Gasteiger charge is 2.43. The van der Waals surface area contributed by atoms with Crippen molar-refractivity contribution in [1.29, 1.82) is 0 Å². The molecular formula is C61H103N15O15. The first-order chi connectivity index (χ1) is 42.2. The Labute approximate surface area is 533 Å². The van der Waals surface area contributed by atoms with Gasteiger partial charge in [0.05, 0.1) is 55.8 Å². The van der Waals surface area contributed by atoms with Gasteiger partial charge in [0.1, 0.15) is 42.3 Å². The minimum atomic E-state index is -1.96. The highest BCUT2D eigenvalue weighted by Crippen LogP contribution is 2.30. The number of primary amides is 1. The van der Waals surface area contributed by atoms with E-state index in [9.17, 15) is 63.3 Å². The van der Waals surface area contributed by atoms with Crippen molar-refractivity contribution in [3.05, 3.63) is 35.9 Å². The Kier molecular flexibility index (Phi) is 32.1. The molecule has 0 aromatic heterocycles. The lowest BCUT2D eigenvalue weighted by Gasteiger charge is -2.34. The normalized spacial score (nSPS) is 24.5. The van der Waals surface area contributed by atoms with E-state index in [2.05, 4.69) is 58.2 Å². The molecule has 0 aliphatic carbocycles. The van der Waals surface area contributed by atoms with Crippen LogP contribution in [0.3, 0.4) is 0 Å². The van der Waals surface area contributed by atoms with Gasteiger partial charge in [-0.05, 0) is 73.2 Å². The topological polar surface area (TPSA) is 502 Å². The Morgan fingerprint density at radius 1 is 0.637 bits per heavy atom. The molecule has 91 heavy (non-hydrogen) atoms. The van der Waals surface area contributed by atoms with Gasteiger partial charge in [-0.2, -0.15) is 0 Å². The number of rotatable bonds is 22. The molecule has 0 spiro atoms. The third-order valence-electron chi connectivity index (χ3n) is 15.0. The van der Waals surface area contributed by atoms with Crippen LogP contribution < -0.4 is 76.1 Å². The number of nitrogens with two attached hydrogens (primary N) is 4. The van der Waals surface area contributed by atoms with E-state index < -0.39 is 198 Å². The average molecular weight is 1290 g/mol. The minimum Gasteiger partial charge on any atom is -0.394 e. The van der Waals surface area contributed by atoms with Crippen LogP contribution in [0.25, 0.3) is 0 Å². The fourth-order valence-electron chi connectivity index (χ4n) is 9.90. The van der Waals surface area contributed by atoms with Gasteiger partial charge in [-0.15, -0.1) is 0 Å². The standard InChI is InChI=1S/C61H103N15O15/c1-14-32(6)45-57(90)74-46(33(7)78)56(89)67-28-44(81)68-39(25-43(63)80)54(87)72-41(29-77)55(88)75-47(34-19-16-15-17-20-34)35(24-42(79)40(27-61(11,12)13)71-51(84)36(62)26-60(8,9)10)50(83)76-48(49(82)31(4)5)58(91)70-38(23-30(2)3)53(86)69-37(52(85)73-45)21-18-22-66-59(64)65/h15-17,19-20,30-33,35-41,45-49,77-78,82H,14,18,21-29,62H2,1-13H3,(H2,63,80)(H,67,89)(H,68,81)(H,69,86)(H,70,91)(H,71,84)(H,72,87)(H,73,85)(H,74,90)(H,75,88)(H,76,83)(H4,64,65,66)/t32-,33-,35-,36+,37+,38-,39-,40-,41-,45-,46-,47+,48-,49+/m0/s1. The summed E-state index contributed by atoms with van der Waals surface area (Å²) >= 11 is 0. The number of carbonyl (C=O) groups excluding carboxylic acids is 12. The summed E-state index contributed by atoms with van der Waals surface area (Å²) < 4.78 is 0. The van der Waals surface area contributed by atoms with Crippen molar-refractivity contribution in [3.8, 4) is 0 Å². The maximum atomic E-state index is 15.5. The smallest absolute Gasteiger partial charge is 0.245 e. The molecule has 1 aromatic carbocycles. The Balaban J connectivity index is 3.13. The number of aliphatic hydroxyl groups excluding tert-OH is 3. The lowest BCUT2D eigenvalue weighted by Crippen LogP contribution is -2.62. The molecule has 0 bridgehead atoms. The molecule has 1 saturated heterocycles. The van der Waals surface area contributed by atoms with Crippen LogP contribution in [0.15, 0.2) is 35.3 Å². The molecule has 1 heterocycles. The van der Waals surface area contributed by atoms with Crippen molar-refractivity contribution in [2.45, 2.75) is 214 Å². The average Bonchev–Trinajstić information content (AvgIpc) is 1.07. The van der Waals surface area contributed by atoms with E-state index in [-0.39, 0.29) is 62.5 Å². The number of Topliss-reactive ketones (excluding diaryl/α,β-unsaturated/α-hetero) is 1. The van der Waals surface area contributed by atoms with Gasteiger partial charge in [-0.3, -0.25) is 62.5 Å². The lowest BCUT2D eigenvalue weighted by molar-refractivity contribution is -0.140. The molecule has 1 aromatic rings. The molecule has 2 rings (SSSR count). The van der Waals surface area contributed by atoms with Gasteiger partial charge in [0, 0.05) is 13.0 Å². The molecule has 1 fully saturated rings. The first-order valence-electron chi connectivity index (χ1n) is 30.8. The summed E-state index contributed by atoms with van der Waals surface area (Å²) in [7, 11) is 0. The minimum absolute atomic E-state index is 0.00412. The zero-order chi connectivity index (χ0) is 69.4. The van der Waals surface area contributed by atoms with Gasteiger partial charge in [0.2, 0.25) is 65.0 Å². The number of nitrogens with zero attached hydrogens (tertiary/aromatic N) is 1. The molecule has 1 aliphatic heterocycles. The molecule has 14 atom stereocenters. The number of carbonyl (C=O) groups is 12. The maximum Gasteiger partial charge on any atom is 0.245 e. The SMILES string of the molecule is CC[C@H](C)[C@@H]1NC(=O)[C@@H](CCCN=C(N)N)NC(=O)[C@H](CC(C)C)NC(=O)[C@H]([C@H](O)C(C)C)NC(=O)[C@@H](CC(=O)[C@H](CC(C)(C)C)NC(=O)[C@H](N)CC(C)(C)C)[C@@H](c2ccccc2)NC(=O)[C@H](CO)NC(=O)[C@H](CC(N)=O)NC(=O)CNC(=O)[C@H]([C@H](C)O)NC1=O. The van der Waals surface area contributed by atoms with E-state index >= 15 is 9.59 Å². The highest BCUT2D eigenvalue weighted by atomic mass is 16.3. The number of hydrogen-bond donors (Lipinski definition) is 17. The number of aliphatic hydroxyl groups is 3. The highest BCUT2D eigenvalue weighted by molar-refractivity contribution is 6.00. The van der Waals surface area contributed by atoms with Gasteiger partial charge in [-0.25, -0.2) is 0 Å². The Bertz CT molecular complexity index is 2690. The fourth-order valence-corrected chi connectivity index (χ4v) is 9.90. The Morgan fingerprint density at radius 3 is 1.69 bits per heavy atom. The second-order valence-electron chi connectivity index (χ2n) is 26.6. The van der Waals surface area contributed by atoms with Crippen LogP contribution in [0.2, 0.25) is 0 Å². The van der Waals surface area contributed by atoms with E-state index in [1.165, 1.54) is 38.1 Å². The van der Waals surface area contributed by atoms with Gasteiger partial charge >= 0.3 is 0 Å².